The van der Waals surface area contributed by atoms with Crippen molar-refractivity contribution in [2.75, 3.05) is 0 Å². The third kappa shape index (κ3) is 2.72. The molecule has 1 aromatic carbocycles. The number of tetrazole rings is 1. The normalized spacial score (nSPS) is 15.4. The van der Waals surface area contributed by atoms with Crippen molar-refractivity contribution in [1.29, 1.82) is 0 Å². The number of aromatic nitrogens is 4. The van der Waals surface area contributed by atoms with Crippen LogP contribution in [-0.2, 0) is 0 Å². The summed E-state index contributed by atoms with van der Waals surface area (Å²) in [5.74, 6) is -0.672. The molecule has 3 N–H and O–H groups in total. The van der Waals surface area contributed by atoms with Crippen LogP contribution in [0.1, 0.15) is 24.4 Å². The van der Waals surface area contributed by atoms with Gasteiger partial charge in [-0.05, 0) is 63.1 Å². The molecule has 1 fully saturated rings. The van der Waals surface area contributed by atoms with Crippen LogP contribution in [0.3, 0.4) is 0 Å². The molecule has 1 aromatic heterocycles. The molecule has 21 heavy (non-hydrogen) atoms. The molecule has 0 spiro atoms. The number of nitrogens with two attached hydrogens (primary N) is 1. The average molecular weight is 373 g/mol. The van der Waals surface area contributed by atoms with Crippen molar-refractivity contribution in [3.63, 3.8) is 0 Å². The van der Waals surface area contributed by atoms with Crippen LogP contribution in [0.25, 0.3) is 0 Å². The molecule has 0 aliphatic heterocycles. The molecule has 0 saturated heterocycles. The van der Waals surface area contributed by atoms with Crippen LogP contribution in [0, 0.1) is 5.82 Å². The van der Waals surface area contributed by atoms with Crippen molar-refractivity contribution in [3.8, 4) is 0 Å². The number of nitrogens with zero attached hydrogens (tertiary/aromatic N) is 5. The van der Waals surface area contributed by atoms with E-state index < -0.39 is 5.82 Å². The summed E-state index contributed by atoms with van der Waals surface area (Å²) in [4.78, 5) is 0.355. The zero-order valence-electron chi connectivity index (χ0n) is 10.6. The largest absolute Gasteiger partial charge is 0.409 e. The van der Waals surface area contributed by atoms with Gasteiger partial charge in [-0.2, -0.15) is 0 Å². The smallest absolute Gasteiger partial charge is 0.214 e. The highest BCUT2D eigenvalue weighted by Crippen LogP contribution is 2.39. The Morgan fingerprint density at radius 2 is 2.29 bits per heavy atom. The summed E-state index contributed by atoms with van der Waals surface area (Å²) in [6.45, 7) is 0. The highest BCUT2D eigenvalue weighted by molar-refractivity contribution is 9.10. The first-order valence-corrected chi connectivity index (χ1v) is 7.64. The number of halogens is 2. The van der Waals surface area contributed by atoms with Gasteiger partial charge in [0.25, 0.3) is 0 Å². The molecule has 2 aromatic rings. The number of hydrogen-bond acceptors (Lipinski definition) is 6. The number of amidine groups is 1. The van der Waals surface area contributed by atoms with Crippen molar-refractivity contribution >= 4 is 33.5 Å². The predicted molar refractivity (Wildman–Crippen MR) is 76.8 cm³/mol. The lowest BCUT2D eigenvalue weighted by Crippen LogP contribution is -2.14. The molecule has 0 unspecified atom stereocenters. The molecule has 3 rings (SSSR count). The topological polar surface area (TPSA) is 102 Å². The monoisotopic (exact) mass is 372 g/mol. The fraction of sp³-hybridized carbons (Fsp3) is 0.273. The van der Waals surface area contributed by atoms with Gasteiger partial charge in [0.15, 0.2) is 11.7 Å². The van der Waals surface area contributed by atoms with Gasteiger partial charge in [0, 0.05) is 5.56 Å². The van der Waals surface area contributed by atoms with Crippen LogP contribution in [0.15, 0.2) is 31.8 Å². The van der Waals surface area contributed by atoms with Crippen LogP contribution in [0.2, 0.25) is 0 Å². The van der Waals surface area contributed by atoms with E-state index in [0.717, 1.165) is 24.6 Å². The van der Waals surface area contributed by atoms with Crippen LogP contribution < -0.4 is 5.73 Å². The lowest BCUT2D eigenvalue weighted by atomic mass is 10.2. The Bertz CT molecular complexity index is 717. The SMILES string of the molecule is N/C(=N/O)c1ccc(Sc2nnnn2C2CC2)c(F)c1Br. The van der Waals surface area contributed by atoms with E-state index in [4.69, 9.17) is 10.9 Å². The van der Waals surface area contributed by atoms with Gasteiger partial charge < -0.3 is 10.9 Å². The van der Waals surface area contributed by atoms with Crippen molar-refractivity contribution in [3.05, 3.63) is 28.0 Å². The fourth-order valence-corrected chi connectivity index (χ4v) is 3.32. The zero-order valence-corrected chi connectivity index (χ0v) is 13.0. The van der Waals surface area contributed by atoms with Crippen LogP contribution in [0.4, 0.5) is 4.39 Å². The second-order valence-corrected chi connectivity index (χ2v) is 6.27. The van der Waals surface area contributed by atoms with Gasteiger partial charge in [0.1, 0.15) is 0 Å². The Morgan fingerprint density at radius 1 is 1.52 bits per heavy atom. The van der Waals surface area contributed by atoms with Gasteiger partial charge in [-0.25, -0.2) is 9.07 Å². The maximum Gasteiger partial charge on any atom is 0.214 e. The summed E-state index contributed by atoms with van der Waals surface area (Å²) in [6.07, 6.45) is 2.07. The minimum absolute atomic E-state index is 0.133. The Balaban J connectivity index is 1.92. The Kier molecular flexibility index (Phi) is 3.81. The Hall–Kier alpha value is -1.68. The molecule has 0 radical (unpaired) electrons. The van der Waals surface area contributed by atoms with Crippen molar-refractivity contribution in [2.45, 2.75) is 28.9 Å². The van der Waals surface area contributed by atoms with Gasteiger partial charge in [-0.1, -0.05) is 5.16 Å². The first kappa shape index (κ1) is 14.3. The number of oxime groups is 1. The first-order valence-electron chi connectivity index (χ1n) is 6.03. The third-order valence-corrected chi connectivity index (χ3v) is 4.75. The molecule has 7 nitrogen and oxygen atoms in total. The highest BCUT2D eigenvalue weighted by atomic mass is 79.9. The zero-order chi connectivity index (χ0) is 15.0. The Morgan fingerprint density at radius 3 is 2.95 bits per heavy atom. The molecule has 0 amide bonds. The van der Waals surface area contributed by atoms with E-state index in [-0.39, 0.29) is 15.9 Å². The van der Waals surface area contributed by atoms with Crippen molar-refractivity contribution in [1.82, 2.24) is 20.2 Å². The summed E-state index contributed by atoms with van der Waals surface area (Å²) in [5, 5.41) is 23.5. The highest BCUT2D eigenvalue weighted by Gasteiger charge is 2.28. The summed E-state index contributed by atoms with van der Waals surface area (Å²) < 4.78 is 16.2. The molecule has 1 aliphatic carbocycles. The van der Waals surface area contributed by atoms with Gasteiger partial charge in [-0.3, -0.25) is 0 Å². The van der Waals surface area contributed by atoms with Gasteiger partial charge in [0.2, 0.25) is 5.16 Å². The maximum atomic E-state index is 14.4. The summed E-state index contributed by atoms with van der Waals surface area (Å²) in [6, 6.07) is 3.42. The first-order chi connectivity index (χ1) is 10.1. The number of rotatable bonds is 4. The minimum atomic E-state index is -0.505. The standard InChI is InChI=1S/C11H10BrFN6OS/c12-8-6(10(14)16-20)3-4-7(9(8)13)21-11-15-17-18-19(11)5-1-2-5/h3-5,20H,1-2H2,(H2,14,16). The van der Waals surface area contributed by atoms with Gasteiger partial charge in [0.05, 0.1) is 15.4 Å². The molecule has 110 valence electrons. The number of benzene rings is 1. The molecular weight excluding hydrogens is 363 g/mol. The molecule has 1 aliphatic rings. The van der Waals surface area contributed by atoms with E-state index in [1.54, 1.807) is 16.8 Å². The lowest BCUT2D eigenvalue weighted by molar-refractivity contribution is 0.318. The van der Waals surface area contributed by atoms with Gasteiger partial charge in [-0.15, -0.1) is 5.10 Å². The molecular formula is C11H10BrFN6OS. The fourth-order valence-electron chi connectivity index (χ4n) is 1.76. The Labute approximate surface area is 131 Å². The minimum Gasteiger partial charge on any atom is -0.409 e. The van der Waals surface area contributed by atoms with Crippen LogP contribution in [0.5, 0.6) is 0 Å². The summed E-state index contributed by atoms with van der Waals surface area (Å²) >= 11 is 4.25. The molecule has 1 saturated carbocycles. The van der Waals surface area contributed by atoms with E-state index in [2.05, 4.69) is 36.6 Å². The molecule has 0 atom stereocenters. The van der Waals surface area contributed by atoms with Gasteiger partial charge >= 0.3 is 0 Å². The second-order valence-electron chi connectivity index (χ2n) is 4.46. The van der Waals surface area contributed by atoms with Crippen molar-refractivity contribution in [2.24, 2.45) is 10.9 Å². The second kappa shape index (κ2) is 5.60. The summed E-state index contributed by atoms with van der Waals surface area (Å²) in [5.41, 5.74) is 5.76. The van der Waals surface area contributed by atoms with E-state index in [0.29, 0.717) is 16.1 Å². The quantitative estimate of drug-likeness (QED) is 0.369. The van der Waals surface area contributed by atoms with E-state index in [1.807, 2.05) is 0 Å². The van der Waals surface area contributed by atoms with Crippen LogP contribution in [-0.4, -0.2) is 31.3 Å². The van der Waals surface area contributed by atoms with Crippen LogP contribution >= 0.6 is 27.7 Å². The number of hydrogen-bond donors (Lipinski definition) is 2. The third-order valence-electron chi connectivity index (χ3n) is 2.99. The average Bonchev–Trinajstić information content (AvgIpc) is 3.23. The summed E-state index contributed by atoms with van der Waals surface area (Å²) in [7, 11) is 0. The molecule has 10 heteroatoms. The molecule has 0 bridgehead atoms. The molecule has 1 heterocycles. The predicted octanol–water partition coefficient (Wildman–Crippen LogP) is 2.16. The van der Waals surface area contributed by atoms with E-state index in [9.17, 15) is 4.39 Å². The van der Waals surface area contributed by atoms with E-state index in [1.165, 1.54) is 0 Å². The lowest BCUT2D eigenvalue weighted by Gasteiger charge is -2.08. The maximum absolute atomic E-state index is 14.4. The van der Waals surface area contributed by atoms with E-state index >= 15 is 0 Å². The van der Waals surface area contributed by atoms with Crippen molar-refractivity contribution < 1.29 is 9.60 Å².